The number of halogens is 2. The largest absolute Gasteiger partial charge is 0.374 e. The van der Waals surface area contributed by atoms with E-state index in [9.17, 15) is 13.6 Å². The molecule has 192 valence electrons. The fourth-order valence-corrected chi connectivity index (χ4v) is 5.93. The summed E-state index contributed by atoms with van der Waals surface area (Å²) < 4.78 is 36.5. The van der Waals surface area contributed by atoms with Crippen molar-refractivity contribution in [3.63, 3.8) is 0 Å². The molecule has 0 radical (unpaired) electrons. The number of nitrogens with one attached hydrogen (secondary N) is 1. The van der Waals surface area contributed by atoms with Crippen LogP contribution in [0.3, 0.4) is 0 Å². The van der Waals surface area contributed by atoms with Crippen molar-refractivity contribution in [3.05, 3.63) is 35.9 Å². The van der Waals surface area contributed by atoms with Crippen LogP contribution in [0.5, 0.6) is 0 Å². The molecule has 0 unspecified atom stereocenters. The van der Waals surface area contributed by atoms with E-state index in [1.54, 1.807) is 17.1 Å². The Morgan fingerprint density at radius 1 is 1.19 bits per heavy atom. The highest BCUT2D eigenvalue weighted by Crippen LogP contribution is 2.37. The van der Waals surface area contributed by atoms with Crippen molar-refractivity contribution in [2.75, 3.05) is 23.4 Å². The fraction of sp³-hybridized carbons (Fsp3) is 0.600. The second kappa shape index (κ2) is 9.10. The second-order valence-electron chi connectivity index (χ2n) is 10.6. The Bertz CT molecular complexity index is 1260. The van der Waals surface area contributed by atoms with Gasteiger partial charge in [0.1, 0.15) is 11.4 Å². The summed E-state index contributed by atoms with van der Waals surface area (Å²) in [5, 5.41) is 11.1. The number of nitrogens with zero attached hydrogens (tertiary/aromatic N) is 6. The minimum absolute atomic E-state index is 0.0329. The lowest BCUT2D eigenvalue weighted by molar-refractivity contribution is 0.0988. The number of hydrogen-bond donors (Lipinski definition) is 1. The topological polar surface area (TPSA) is 89.6 Å². The molecule has 11 heteroatoms. The molecule has 2 saturated heterocycles. The van der Waals surface area contributed by atoms with Crippen LogP contribution in [0.1, 0.15) is 74.5 Å². The first-order chi connectivity index (χ1) is 17.4. The molecule has 1 saturated carbocycles. The molecule has 1 aliphatic carbocycles. The molecule has 1 amide bonds. The zero-order valence-corrected chi connectivity index (χ0v) is 20.5. The zero-order valence-electron chi connectivity index (χ0n) is 20.5. The van der Waals surface area contributed by atoms with Crippen LogP contribution >= 0.6 is 0 Å². The normalized spacial score (nSPS) is 26.0. The lowest BCUT2D eigenvalue weighted by Crippen LogP contribution is -2.37. The number of rotatable bonds is 6. The molecule has 36 heavy (non-hydrogen) atoms. The van der Waals surface area contributed by atoms with E-state index in [1.165, 1.54) is 10.7 Å². The van der Waals surface area contributed by atoms with Gasteiger partial charge in [-0.15, -0.1) is 0 Å². The minimum atomic E-state index is -2.80. The first-order valence-corrected chi connectivity index (χ1v) is 12.8. The molecule has 2 atom stereocenters. The molecule has 3 fully saturated rings. The average Bonchev–Trinajstić information content (AvgIpc) is 3.66. The summed E-state index contributed by atoms with van der Waals surface area (Å²) in [6.45, 7) is 5.88. The Kier molecular flexibility index (Phi) is 5.89. The molecule has 0 aromatic carbocycles. The number of hydrogen-bond acceptors (Lipinski definition) is 6. The van der Waals surface area contributed by atoms with Gasteiger partial charge in [0.15, 0.2) is 11.3 Å². The Labute approximate surface area is 207 Å². The summed E-state index contributed by atoms with van der Waals surface area (Å²) in [6, 6.07) is 2.21. The van der Waals surface area contributed by atoms with E-state index in [1.807, 2.05) is 6.07 Å². The Morgan fingerprint density at radius 2 is 2.00 bits per heavy atom. The lowest BCUT2D eigenvalue weighted by atomic mass is 9.80. The maximum absolute atomic E-state index is 13.8. The number of alkyl halides is 2. The van der Waals surface area contributed by atoms with Crippen LogP contribution in [0.4, 0.5) is 20.3 Å². The Hall–Kier alpha value is -3.08. The van der Waals surface area contributed by atoms with Gasteiger partial charge in [-0.25, -0.2) is 18.3 Å². The number of fused-ring (bicyclic) bond motifs is 3. The van der Waals surface area contributed by atoms with Crippen molar-refractivity contribution in [1.29, 1.82) is 0 Å². The van der Waals surface area contributed by atoms with Gasteiger partial charge in [-0.3, -0.25) is 9.48 Å². The van der Waals surface area contributed by atoms with Gasteiger partial charge in [0.25, 0.3) is 12.3 Å². The highest BCUT2D eigenvalue weighted by molar-refractivity contribution is 6.08. The van der Waals surface area contributed by atoms with Crippen LogP contribution < -0.4 is 10.2 Å². The fourth-order valence-electron chi connectivity index (χ4n) is 5.93. The predicted molar refractivity (Wildman–Crippen MR) is 129 cm³/mol. The van der Waals surface area contributed by atoms with Gasteiger partial charge >= 0.3 is 0 Å². The van der Waals surface area contributed by atoms with Crippen LogP contribution in [0.15, 0.2) is 24.7 Å². The second-order valence-corrected chi connectivity index (χ2v) is 10.6. The summed E-state index contributed by atoms with van der Waals surface area (Å²) in [5.74, 6) is 1.49. The molecule has 3 aromatic rings. The Balaban J connectivity index is 1.23. The number of aromatic nitrogens is 5. The van der Waals surface area contributed by atoms with Crippen molar-refractivity contribution in [2.45, 2.75) is 70.6 Å². The first-order valence-electron chi connectivity index (χ1n) is 12.8. The van der Waals surface area contributed by atoms with E-state index in [0.29, 0.717) is 24.1 Å². The summed E-state index contributed by atoms with van der Waals surface area (Å²) in [5.41, 5.74) is 0.229. The van der Waals surface area contributed by atoms with Crippen LogP contribution in [0.2, 0.25) is 0 Å². The van der Waals surface area contributed by atoms with Crippen molar-refractivity contribution in [3.8, 4) is 0 Å². The van der Waals surface area contributed by atoms with E-state index in [-0.39, 0.29) is 29.4 Å². The van der Waals surface area contributed by atoms with Crippen molar-refractivity contribution >= 4 is 23.1 Å². The maximum atomic E-state index is 13.8. The van der Waals surface area contributed by atoms with Crippen LogP contribution in [0, 0.1) is 11.8 Å². The molecule has 5 heterocycles. The molecule has 3 aromatic heterocycles. The molecule has 3 aliphatic rings. The number of carbonyl (C=O) groups is 1. The highest BCUT2D eigenvalue weighted by Gasteiger charge is 2.39. The number of morpholine rings is 1. The van der Waals surface area contributed by atoms with Gasteiger partial charge in [-0.2, -0.15) is 10.2 Å². The molecule has 9 nitrogen and oxygen atoms in total. The summed E-state index contributed by atoms with van der Waals surface area (Å²) >= 11 is 0. The molecule has 2 bridgehead atoms. The third kappa shape index (κ3) is 4.12. The van der Waals surface area contributed by atoms with Gasteiger partial charge in [0.05, 0.1) is 36.7 Å². The van der Waals surface area contributed by atoms with Gasteiger partial charge in [0.2, 0.25) is 0 Å². The van der Waals surface area contributed by atoms with Gasteiger partial charge in [0, 0.05) is 18.9 Å². The quantitative estimate of drug-likeness (QED) is 0.538. The van der Waals surface area contributed by atoms with E-state index in [4.69, 9.17) is 9.72 Å². The molecule has 1 N–H and O–H groups in total. The standard InChI is InChI=1S/C25H31F2N7O2/c1-14(2)15-3-5-16(6-4-15)34-12-20(22(31-34)23(26)27)29-25(35)19-10-28-33-8-7-21(30-24(19)33)32-11-18-9-17(32)13-36-18/h7-8,10,12,14-18,23H,3-6,9,11,13H2,1-2H3,(H,29,35)/t15-,16-,17-,18-/m1/s1. The zero-order chi connectivity index (χ0) is 25.0. The van der Waals surface area contributed by atoms with Crippen molar-refractivity contribution in [1.82, 2.24) is 24.4 Å². The number of amides is 1. The first kappa shape index (κ1) is 23.3. The smallest absolute Gasteiger partial charge is 0.284 e. The van der Waals surface area contributed by atoms with E-state index in [0.717, 1.165) is 44.5 Å². The van der Waals surface area contributed by atoms with Crippen molar-refractivity contribution in [2.24, 2.45) is 11.8 Å². The molecule has 2 aliphatic heterocycles. The van der Waals surface area contributed by atoms with Crippen LogP contribution in [-0.2, 0) is 4.74 Å². The van der Waals surface area contributed by atoms with Gasteiger partial charge < -0.3 is 15.0 Å². The third-order valence-electron chi connectivity index (χ3n) is 8.07. The van der Waals surface area contributed by atoms with Gasteiger partial charge in [-0.1, -0.05) is 13.8 Å². The van der Waals surface area contributed by atoms with E-state index < -0.39 is 18.0 Å². The third-order valence-corrected chi connectivity index (χ3v) is 8.07. The highest BCUT2D eigenvalue weighted by atomic mass is 19.3. The SMILES string of the molecule is CC(C)[C@H]1CC[C@H](n2cc(NC(=O)c3cnn4ccc(N5C[C@H]6C[C@@H]5CO6)nc34)c(C(F)F)n2)CC1. The predicted octanol–water partition coefficient (Wildman–Crippen LogP) is 4.48. The molecule has 0 spiro atoms. The summed E-state index contributed by atoms with van der Waals surface area (Å²) in [4.78, 5) is 20.1. The maximum Gasteiger partial charge on any atom is 0.284 e. The number of ether oxygens (including phenoxy) is 1. The van der Waals surface area contributed by atoms with Gasteiger partial charge in [-0.05, 0) is 50.0 Å². The Morgan fingerprint density at radius 3 is 2.67 bits per heavy atom. The monoisotopic (exact) mass is 499 g/mol. The van der Waals surface area contributed by atoms with E-state index >= 15 is 0 Å². The molecule has 6 rings (SSSR count). The van der Waals surface area contributed by atoms with E-state index in [2.05, 4.69) is 34.3 Å². The van der Waals surface area contributed by atoms with Crippen molar-refractivity contribution < 1.29 is 18.3 Å². The minimum Gasteiger partial charge on any atom is -0.374 e. The van der Waals surface area contributed by atoms with Crippen LogP contribution in [0.25, 0.3) is 5.65 Å². The average molecular weight is 500 g/mol. The number of carbonyl (C=O) groups excluding carboxylic acids is 1. The molecular weight excluding hydrogens is 468 g/mol. The summed E-state index contributed by atoms with van der Waals surface area (Å²) in [6.07, 6.45) is 7.00. The van der Waals surface area contributed by atoms with Crippen LogP contribution in [-0.4, -0.2) is 55.6 Å². The summed E-state index contributed by atoms with van der Waals surface area (Å²) in [7, 11) is 0. The number of anilines is 2. The molecular formula is C25H31F2N7O2. The lowest BCUT2D eigenvalue weighted by Gasteiger charge is -2.30.